The van der Waals surface area contributed by atoms with Crippen molar-refractivity contribution in [2.24, 2.45) is 12.8 Å². The van der Waals surface area contributed by atoms with Crippen LogP contribution in [0.4, 0.5) is 0 Å². The van der Waals surface area contributed by atoms with Gasteiger partial charge < -0.3 is 5.73 Å². The number of nitrogens with two attached hydrogens (primary N) is 1. The number of para-hydroxylation sites is 1. The molecular weight excluding hydrogens is 252 g/mol. The Morgan fingerprint density at radius 1 is 1.40 bits per heavy atom. The number of hydrogen-bond acceptors (Lipinski definition) is 4. The molecule has 1 aliphatic rings. The molecule has 2 aromatic rings. The Labute approximate surface area is 118 Å². The van der Waals surface area contributed by atoms with Crippen LogP contribution in [-0.4, -0.2) is 33.6 Å². The maximum atomic E-state index is 12.4. The average molecular weight is 272 g/mol. The first-order valence-corrected chi connectivity index (χ1v) is 7.03. The molecular formula is C15H20N4O. The van der Waals surface area contributed by atoms with Crippen molar-refractivity contribution in [3.05, 3.63) is 40.4 Å². The van der Waals surface area contributed by atoms with Gasteiger partial charge in [-0.15, -0.1) is 0 Å². The second-order valence-electron chi connectivity index (χ2n) is 5.57. The molecule has 5 heteroatoms. The monoisotopic (exact) mass is 272 g/mol. The molecule has 2 heterocycles. The van der Waals surface area contributed by atoms with Crippen LogP contribution in [0.3, 0.4) is 0 Å². The number of rotatable bonds is 2. The minimum atomic E-state index is 0.0148. The largest absolute Gasteiger partial charge is 0.326 e. The summed E-state index contributed by atoms with van der Waals surface area (Å²) in [4.78, 5) is 19.4. The highest BCUT2D eigenvalue weighted by molar-refractivity contribution is 5.77. The molecule has 2 unspecified atom stereocenters. The quantitative estimate of drug-likeness (QED) is 0.887. The van der Waals surface area contributed by atoms with E-state index in [2.05, 4.69) is 16.8 Å². The van der Waals surface area contributed by atoms with Gasteiger partial charge in [-0.05, 0) is 25.5 Å². The molecule has 0 aliphatic carbocycles. The fourth-order valence-electron chi connectivity index (χ4n) is 2.94. The zero-order valence-corrected chi connectivity index (χ0v) is 11.9. The first kappa shape index (κ1) is 13.3. The van der Waals surface area contributed by atoms with Gasteiger partial charge in [0.05, 0.1) is 16.9 Å². The fraction of sp³-hybridized carbons (Fsp3) is 0.467. The molecule has 5 nitrogen and oxygen atoms in total. The van der Waals surface area contributed by atoms with Gasteiger partial charge in [0.25, 0.3) is 5.56 Å². The summed E-state index contributed by atoms with van der Waals surface area (Å²) in [5.74, 6) is 0.808. The SMILES string of the molecule is CC(c1nc2ccccc2c(=O)n1C)N1CCC(N)C1. The van der Waals surface area contributed by atoms with Crippen LogP contribution in [-0.2, 0) is 7.05 Å². The molecule has 106 valence electrons. The van der Waals surface area contributed by atoms with Gasteiger partial charge in [-0.1, -0.05) is 12.1 Å². The zero-order valence-electron chi connectivity index (χ0n) is 11.9. The maximum Gasteiger partial charge on any atom is 0.261 e. The highest BCUT2D eigenvalue weighted by Crippen LogP contribution is 2.23. The zero-order chi connectivity index (χ0) is 14.3. The fourth-order valence-corrected chi connectivity index (χ4v) is 2.94. The van der Waals surface area contributed by atoms with Crippen LogP contribution in [0.2, 0.25) is 0 Å². The molecule has 0 saturated carbocycles. The summed E-state index contributed by atoms with van der Waals surface area (Å²) in [5.41, 5.74) is 6.75. The molecule has 0 radical (unpaired) electrons. The standard InChI is InChI=1S/C15H20N4O/c1-10(19-8-7-11(16)9-19)14-17-13-6-4-3-5-12(13)15(20)18(14)2/h3-6,10-11H,7-9,16H2,1-2H3. The number of hydrogen-bond donors (Lipinski definition) is 1. The second kappa shape index (κ2) is 5.00. The van der Waals surface area contributed by atoms with Gasteiger partial charge in [-0.3, -0.25) is 14.3 Å². The lowest BCUT2D eigenvalue weighted by atomic mass is 10.2. The van der Waals surface area contributed by atoms with E-state index in [4.69, 9.17) is 5.73 Å². The molecule has 1 saturated heterocycles. The van der Waals surface area contributed by atoms with Gasteiger partial charge in [0, 0.05) is 26.2 Å². The molecule has 1 aromatic carbocycles. The molecule has 2 atom stereocenters. The van der Waals surface area contributed by atoms with E-state index >= 15 is 0 Å². The van der Waals surface area contributed by atoms with Crippen LogP contribution in [0.1, 0.15) is 25.2 Å². The van der Waals surface area contributed by atoms with E-state index in [9.17, 15) is 4.79 Å². The van der Waals surface area contributed by atoms with Gasteiger partial charge in [0.2, 0.25) is 0 Å². The van der Waals surface area contributed by atoms with Crippen molar-refractivity contribution in [3.63, 3.8) is 0 Å². The van der Waals surface area contributed by atoms with Gasteiger partial charge >= 0.3 is 0 Å². The Hall–Kier alpha value is -1.72. The summed E-state index contributed by atoms with van der Waals surface area (Å²) in [6.07, 6.45) is 1.01. The molecule has 0 amide bonds. The second-order valence-corrected chi connectivity index (χ2v) is 5.57. The number of likely N-dealkylation sites (tertiary alicyclic amines) is 1. The number of nitrogens with zero attached hydrogens (tertiary/aromatic N) is 3. The summed E-state index contributed by atoms with van der Waals surface area (Å²) in [5, 5.41) is 0.670. The lowest BCUT2D eigenvalue weighted by Crippen LogP contribution is -2.33. The average Bonchev–Trinajstić information content (AvgIpc) is 2.89. The van der Waals surface area contributed by atoms with Crippen molar-refractivity contribution in [3.8, 4) is 0 Å². The first-order valence-electron chi connectivity index (χ1n) is 7.03. The third kappa shape index (κ3) is 2.13. The van der Waals surface area contributed by atoms with Crippen molar-refractivity contribution in [2.75, 3.05) is 13.1 Å². The summed E-state index contributed by atoms with van der Waals surface area (Å²) in [6.45, 7) is 3.92. The van der Waals surface area contributed by atoms with Crippen molar-refractivity contribution in [1.82, 2.24) is 14.5 Å². The Kier molecular flexibility index (Phi) is 3.31. The smallest absolute Gasteiger partial charge is 0.261 e. The molecule has 3 rings (SSSR count). The van der Waals surface area contributed by atoms with Gasteiger partial charge in [0.15, 0.2) is 0 Å². The maximum absolute atomic E-state index is 12.4. The van der Waals surface area contributed by atoms with Gasteiger partial charge in [0.1, 0.15) is 5.82 Å². The van der Waals surface area contributed by atoms with Crippen LogP contribution < -0.4 is 11.3 Å². The predicted octanol–water partition coefficient (Wildman–Crippen LogP) is 1.03. The Morgan fingerprint density at radius 3 is 2.85 bits per heavy atom. The van der Waals surface area contributed by atoms with E-state index in [1.54, 1.807) is 11.6 Å². The molecule has 1 aliphatic heterocycles. The normalized spacial score (nSPS) is 21.4. The summed E-state index contributed by atoms with van der Waals surface area (Å²) < 4.78 is 1.66. The molecule has 2 N–H and O–H groups in total. The number of benzene rings is 1. The molecule has 1 aromatic heterocycles. The van der Waals surface area contributed by atoms with Crippen molar-refractivity contribution in [2.45, 2.75) is 25.4 Å². The number of aromatic nitrogens is 2. The van der Waals surface area contributed by atoms with Crippen LogP contribution in [0.5, 0.6) is 0 Å². The minimum absolute atomic E-state index is 0.0148. The first-order chi connectivity index (χ1) is 9.58. The summed E-state index contributed by atoms with van der Waals surface area (Å²) in [6, 6.07) is 7.83. The molecule has 0 spiro atoms. The molecule has 0 bridgehead atoms. The van der Waals surface area contributed by atoms with E-state index in [1.165, 1.54) is 0 Å². The van der Waals surface area contributed by atoms with Crippen LogP contribution in [0, 0.1) is 0 Å². The van der Waals surface area contributed by atoms with E-state index in [0.717, 1.165) is 30.9 Å². The number of fused-ring (bicyclic) bond motifs is 1. The Bertz CT molecular complexity index is 694. The highest BCUT2D eigenvalue weighted by Gasteiger charge is 2.27. The molecule has 20 heavy (non-hydrogen) atoms. The summed E-state index contributed by atoms with van der Waals surface area (Å²) in [7, 11) is 1.80. The lowest BCUT2D eigenvalue weighted by molar-refractivity contribution is 0.245. The minimum Gasteiger partial charge on any atom is -0.326 e. The van der Waals surface area contributed by atoms with Crippen LogP contribution in [0.25, 0.3) is 10.9 Å². The van der Waals surface area contributed by atoms with E-state index < -0.39 is 0 Å². The highest BCUT2D eigenvalue weighted by atomic mass is 16.1. The topological polar surface area (TPSA) is 64.2 Å². The van der Waals surface area contributed by atoms with Gasteiger partial charge in [-0.2, -0.15) is 0 Å². The van der Waals surface area contributed by atoms with Crippen molar-refractivity contribution >= 4 is 10.9 Å². The third-order valence-electron chi connectivity index (χ3n) is 4.20. The van der Waals surface area contributed by atoms with Crippen LogP contribution in [0.15, 0.2) is 29.1 Å². The van der Waals surface area contributed by atoms with E-state index in [1.807, 2.05) is 24.3 Å². The Morgan fingerprint density at radius 2 is 2.15 bits per heavy atom. The van der Waals surface area contributed by atoms with E-state index in [-0.39, 0.29) is 17.6 Å². The van der Waals surface area contributed by atoms with Crippen LogP contribution >= 0.6 is 0 Å². The summed E-state index contributed by atoms with van der Waals surface area (Å²) >= 11 is 0. The van der Waals surface area contributed by atoms with E-state index in [0.29, 0.717) is 5.39 Å². The van der Waals surface area contributed by atoms with Crippen molar-refractivity contribution in [1.29, 1.82) is 0 Å². The predicted molar refractivity (Wildman–Crippen MR) is 79.6 cm³/mol. The van der Waals surface area contributed by atoms with Crippen molar-refractivity contribution < 1.29 is 0 Å². The molecule has 1 fully saturated rings. The van der Waals surface area contributed by atoms with Gasteiger partial charge in [-0.25, -0.2) is 4.98 Å². The Balaban J connectivity index is 2.07. The third-order valence-corrected chi connectivity index (χ3v) is 4.20. The lowest BCUT2D eigenvalue weighted by Gasteiger charge is -2.25.